The first-order valence-electron chi connectivity index (χ1n) is 8.09. The number of hydrogen-bond donors (Lipinski definition) is 4. The second-order valence-electron chi connectivity index (χ2n) is 5.66. The molecule has 8 heteroatoms. The molecule has 0 fully saturated rings. The van der Waals surface area contributed by atoms with Crippen LogP contribution in [0.25, 0.3) is 0 Å². The Morgan fingerprint density at radius 2 is 2.04 bits per heavy atom. The molecule has 0 aromatic heterocycles. The van der Waals surface area contributed by atoms with Crippen molar-refractivity contribution in [2.75, 3.05) is 13.2 Å². The van der Waals surface area contributed by atoms with Crippen molar-refractivity contribution >= 4 is 17.8 Å². The van der Waals surface area contributed by atoms with Crippen molar-refractivity contribution < 1.29 is 24.2 Å². The molecule has 0 aliphatic carbocycles. The molecule has 0 unspecified atom stereocenters. The van der Waals surface area contributed by atoms with Crippen LogP contribution in [0.4, 0.5) is 0 Å². The van der Waals surface area contributed by atoms with Gasteiger partial charge in [0, 0.05) is 13.5 Å². The maximum atomic E-state index is 11.2. The first-order chi connectivity index (χ1) is 11.9. The zero-order chi connectivity index (χ0) is 18.7. The van der Waals surface area contributed by atoms with Gasteiger partial charge in [0.2, 0.25) is 11.8 Å². The smallest absolute Gasteiger partial charge is 0.341 e. The summed E-state index contributed by atoms with van der Waals surface area (Å²) in [4.78, 5) is 32.7. The van der Waals surface area contributed by atoms with Gasteiger partial charge < -0.3 is 26.2 Å². The van der Waals surface area contributed by atoms with Crippen molar-refractivity contribution in [2.45, 2.75) is 38.8 Å². The van der Waals surface area contributed by atoms with Gasteiger partial charge in [-0.25, -0.2) is 4.79 Å². The average molecular weight is 351 g/mol. The molecule has 1 rings (SSSR count). The fourth-order valence-electron chi connectivity index (χ4n) is 2.25. The summed E-state index contributed by atoms with van der Waals surface area (Å²) in [5.41, 5.74) is 6.22. The largest absolute Gasteiger partial charge is 0.482 e. The highest BCUT2D eigenvalue weighted by molar-refractivity contribution is 5.85. The van der Waals surface area contributed by atoms with Crippen LogP contribution < -0.4 is 21.1 Å². The monoisotopic (exact) mass is 351 g/mol. The fraction of sp³-hybridized carbons (Fsp3) is 0.471. The topological polar surface area (TPSA) is 131 Å². The van der Waals surface area contributed by atoms with Crippen LogP contribution >= 0.6 is 0 Å². The Morgan fingerprint density at radius 1 is 1.28 bits per heavy atom. The normalized spacial score (nSPS) is 11.6. The van der Waals surface area contributed by atoms with Crippen molar-refractivity contribution in [3.8, 4) is 5.75 Å². The minimum absolute atomic E-state index is 0.271. The number of carboxylic acids is 1. The van der Waals surface area contributed by atoms with E-state index in [1.165, 1.54) is 6.92 Å². The molecule has 1 aromatic rings. The number of hydrogen-bond acceptors (Lipinski definition) is 5. The Bertz CT molecular complexity index is 591. The molecule has 2 amide bonds. The molecule has 0 spiro atoms. The summed E-state index contributed by atoms with van der Waals surface area (Å²) in [6.07, 6.45) is 2.09. The van der Waals surface area contributed by atoms with Gasteiger partial charge in [0.05, 0.1) is 0 Å². The highest BCUT2D eigenvalue weighted by Crippen LogP contribution is 2.13. The Labute approximate surface area is 146 Å². The Morgan fingerprint density at radius 3 is 2.68 bits per heavy atom. The van der Waals surface area contributed by atoms with Crippen molar-refractivity contribution in [3.63, 3.8) is 0 Å². The first kappa shape index (κ1) is 20.4. The van der Waals surface area contributed by atoms with E-state index in [4.69, 9.17) is 15.6 Å². The number of amides is 2. The molecule has 0 aliphatic rings. The van der Waals surface area contributed by atoms with Crippen LogP contribution in [0.15, 0.2) is 24.3 Å². The van der Waals surface area contributed by atoms with E-state index in [1.807, 2.05) is 6.07 Å². The lowest BCUT2D eigenvalue weighted by Crippen LogP contribution is -2.43. The minimum atomic E-state index is -1.02. The van der Waals surface area contributed by atoms with E-state index in [2.05, 4.69) is 10.6 Å². The van der Waals surface area contributed by atoms with E-state index in [0.717, 1.165) is 24.9 Å². The fourth-order valence-corrected chi connectivity index (χ4v) is 2.25. The van der Waals surface area contributed by atoms with Crippen LogP contribution in [0.1, 0.15) is 31.7 Å². The molecule has 25 heavy (non-hydrogen) atoms. The number of benzene rings is 1. The van der Waals surface area contributed by atoms with Gasteiger partial charge in [0.1, 0.15) is 11.8 Å². The quantitative estimate of drug-likeness (QED) is 0.403. The van der Waals surface area contributed by atoms with Gasteiger partial charge in [0.15, 0.2) is 6.61 Å². The minimum Gasteiger partial charge on any atom is -0.482 e. The third-order valence-electron chi connectivity index (χ3n) is 3.41. The maximum absolute atomic E-state index is 11.2. The molecule has 0 radical (unpaired) electrons. The summed E-state index contributed by atoms with van der Waals surface area (Å²) >= 11 is 0. The van der Waals surface area contributed by atoms with Crippen LogP contribution in [0, 0.1) is 0 Å². The van der Waals surface area contributed by atoms with Gasteiger partial charge in [-0.05, 0) is 43.5 Å². The second-order valence-corrected chi connectivity index (χ2v) is 5.66. The molecule has 0 aliphatic heterocycles. The predicted molar refractivity (Wildman–Crippen MR) is 91.9 cm³/mol. The summed E-state index contributed by atoms with van der Waals surface area (Å²) in [6, 6.07) is 6.59. The molecule has 1 atom stereocenters. The molecular weight excluding hydrogens is 326 g/mol. The van der Waals surface area contributed by atoms with Crippen molar-refractivity contribution in [1.82, 2.24) is 10.6 Å². The van der Waals surface area contributed by atoms with Crippen LogP contribution in [0.3, 0.4) is 0 Å². The molecule has 0 saturated heterocycles. The van der Waals surface area contributed by atoms with Gasteiger partial charge in [-0.3, -0.25) is 9.59 Å². The van der Waals surface area contributed by atoms with E-state index in [1.54, 1.807) is 18.2 Å². The van der Waals surface area contributed by atoms with Crippen LogP contribution in [0.2, 0.25) is 0 Å². The van der Waals surface area contributed by atoms with Crippen molar-refractivity contribution in [3.05, 3.63) is 29.8 Å². The first-order valence-corrected chi connectivity index (χ1v) is 8.09. The lowest BCUT2D eigenvalue weighted by molar-refractivity contribution is -0.139. The van der Waals surface area contributed by atoms with E-state index in [-0.39, 0.29) is 12.5 Å². The standard InChI is InChI=1S/C17H25N3O5/c1-12(21)20-15(17(18)24)7-2-3-8-19-10-13-5-4-6-14(9-13)25-11-16(22)23/h4-6,9,15,19H,2-3,7-8,10-11H2,1H3,(H2,18,24)(H,20,21)(H,22,23)/t15-/m0/s1. The van der Waals surface area contributed by atoms with Gasteiger partial charge in [-0.2, -0.15) is 0 Å². The summed E-state index contributed by atoms with van der Waals surface area (Å²) in [7, 11) is 0. The van der Waals surface area contributed by atoms with Gasteiger partial charge >= 0.3 is 5.97 Å². The number of ether oxygens (including phenoxy) is 1. The Hall–Kier alpha value is -2.61. The molecule has 8 nitrogen and oxygen atoms in total. The van der Waals surface area contributed by atoms with Gasteiger partial charge in [-0.15, -0.1) is 0 Å². The van der Waals surface area contributed by atoms with Crippen molar-refractivity contribution in [1.29, 1.82) is 0 Å². The third-order valence-corrected chi connectivity index (χ3v) is 3.41. The molecule has 1 aromatic carbocycles. The number of carbonyl (C=O) groups excluding carboxylic acids is 2. The molecule has 5 N–H and O–H groups in total. The third kappa shape index (κ3) is 9.31. The van der Waals surface area contributed by atoms with Gasteiger partial charge in [0.25, 0.3) is 0 Å². The lowest BCUT2D eigenvalue weighted by Gasteiger charge is -2.14. The predicted octanol–water partition coefficient (Wildman–Crippen LogP) is 0.400. The summed E-state index contributed by atoms with van der Waals surface area (Å²) in [5, 5.41) is 14.4. The zero-order valence-corrected chi connectivity index (χ0v) is 14.3. The average Bonchev–Trinajstić information content (AvgIpc) is 2.55. The summed E-state index contributed by atoms with van der Waals surface area (Å²) in [6.45, 7) is 2.35. The van der Waals surface area contributed by atoms with Crippen LogP contribution in [0.5, 0.6) is 5.75 Å². The van der Waals surface area contributed by atoms with Gasteiger partial charge in [-0.1, -0.05) is 12.1 Å². The molecule has 0 saturated carbocycles. The number of primary amides is 1. The van der Waals surface area contributed by atoms with Crippen LogP contribution in [-0.4, -0.2) is 42.1 Å². The van der Waals surface area contributed by atoms with Crippen LogP contribution in [-0.2, 0) is 20.9 Å². The molecule has 0 bridgehead atoms. The number of nitrogens with two attached hydrogens (primary N) is 1. The Kier molecular flexibility index (Phi) is 9.02. The number of carbonyl (C=O) groups is 3. The lowest BCUT2D eigenvalue weighted by atomic mass is 10.1. The van der Waals surface area contributed by atoms with E-state index in [9.17, 15) is 14.4 Å². The number of rotatable bonds is 12. The number of nitrogens with one attached hydrogen (secondary N) is 2. The highest BCUT2D eigenvalue weighted by atomic mass is 16.5. The zero-order valence-electron chi connectivity index (χ0n) is 14.3. The molecular formula is C17H25N3O5. The number of unbranched alkanes of at least 4 members (excludes halogenated alkanes) is 1. The van der Waals surface area contributed by atoms with E-state index < -0.39 is 17.9 Å². The summed E-state index contributed by atoms with van der Waals surface area (Å²) in [5.74, 6) is -1.30. The number of aliphatic carboxylic acids is 1. The maximum Gasteiger partial charge on any atom is 0.341 e. The highest BCUT2D eigenvalue weighted by Gasteiger charge is 2.15. The summed E-state index contributed by atoms with van der Waals surface area (Å²) < 4.78 is 5.13. The number of carboxylic acid groups (broad SMARTS) is 1. The molecule has 138 valence electrons. The van der Waals surface area contributed by atoms with Crippen molar-refractivity contribution in [2.24, 2.45) is 5.73 Å². The van der Waals surface area contributed by atoms with E-state index >= 15 is 0 Å². The SMILES string of the molecule is CC(=O)N[C@@H](CCCCNCc1cccc(OCC(=O)O)c1)C(N)=O. The van der Waals surface area contributed by atoms with E-state index in [0.29, 0.717) is 18.7 Å². The molecule has 0 heterocycles. The second kappa shape index (κ2) is 11.0. The Balaban J connectivity index is 2.24.